The molecular formula is C18H24N4O2. The van der Waals surface area contributed by atoms with Crippen molar-refractivity contribution < 1.29 is 9.59 Å². The van der Waals surface area contributed by atoms with Gasteiger partial charge in [-0.3, -0.25) is 14.3 Å². The van der Waals surface area contributed by atoms with Crippen LogP contribution in [0.5, 0.6) is 0 Å². The molecule has 0 radical (unpaired) electrons. The second-order valence-corrected chi connectivity index (χ2v) is 5.85. The third-order valence-electron chi connectivity index (χ3n) is 3.77. The highest BCUT2D eigenvalue weighted by Crippen LogP contribution is 2.06. The van der Waals surface area contributed by atoms with Crippen LogP contribution in [0.2, 0.25) is 0 Å². The Morgan fingerprint density at radius 2 is 1.88 bits per heavy atom. The van der Waals surface area contributed by atoms with Gasteiger partial charge in [0, 0.05) is 24.3 Å². The second kappa shape index (κ2) is 8.29. The maximum atomic E-state index is 12.0. The Morgan fingerprint density at radius 3 is 2.54 bits per heavy atom. The minimum atomic E-state index is -0.231. The van der Waals surface area contributed by atoms with E-state index in [1.54, 1.807) is 12.1 Å². The molecule has 0 spiro atoms. The van der Waals surface area contributed by atoms with E-state index in [0.29, 0.717) is 12.1 Å². The molecule has 0 saturated heterocycles. The summed E-state index contributed by atoms with van der Waals surface area (Å²) in [4.78, 5) is 23.8. The molecular weight excluding hydrogens is 304 g/mol. The number of benzene rings is 1. The lowest BCUT2D eigenvalue weighted by atomic mass is 10.1. The van der Waals surface area contributed by atoms with Crippen molar-refractivity contribution in [2.24, 2.45) is 0 Å². The van der Waals surface area contributed by atoms with Gasteiger partial charge in [-0.1, -0.05) is 18.2 Å². The number of carbonyl (C=O) groups is 2. The van der Waals surface area contributed by atoms with E-state index in [0.717, 1.165) is 29.9 Å². The molecule has 0 aliphatic heterocycles. The fraction of sp³-hybridized carbons (Fsp3) is 0.389. The van der Waals surface area contributed by atoms with Gasteiger partial charge in [0.1, 0.15) is 0 Å². The van der Waals surface area contributed by atoms with Crippen molar-refractivity contribution in [3.63, 3.8) is 0 Å². The Morgan fingerprint density at radius 1 is 1.12 bits per heavy atom. The summed E-state index contributed by atoms with van der Waals surface area (Å²) >= 11 is 0. The van der Waals surface area contributed by atoms with E-state index in [9.17, 15) is 9.59 Å². The molecule has 1 aromatic heterocycles. The number of amides is 2. The van der Waals surface area contributed by atoms with Gasteiger partial charge in [0.05, 0.1) is 12.2 Å². The molecule has 1 heterocycles. The molecule has 128 valence electrons. The normalized spacial score (nSPS) is 10.5. The average Bonchev–Trinajstić information content (AvgIpc) is 2.87. The van der Waals surface area contributed by atoms with Crippen molar-refractivity contribution in [1.82, 2.24) is 20.4 Å². The van der Waals surface area contributed by atoms with Crippen LogP contribution < -0.4 is 10.6 Å². The largest absolute Gasteiger partial charge is 0.355 e. The highest BCUT2D eigenvalue weighted by Gasteiger charge is 2.09. The first-order chi connectivity index (χ1) is 11.5. The second-order valence-electron chi connectivity index (χ2n) is 5.85. The van der Waals surface area contributed by atoms with E-state index in [2.05, 4.69) is 15.7 Å². The standard InChI is InChI=1S/C18H24N4O2/c1-13-7-4-5-8-16(13)18(24)20-12-17(23)19-9-6-10-22-15(3)11-14(2)21-22/h4-5,7-8,11H,6,9-10,12H2,1-3H3,(H,19,23)(H,20,24). The number of rotatable bonds is 7. The number of carbonyl (C=O) groups excluding carboxylic acids is 2. The molecule has 2 rings (SSSR count). The van der Waals surface area contributed by atoms with Gasteiger partial charge in [0.25, 0.3) is 5.91 Å². The third-order valence-corrected chi connectivity index (χ3v) is 3.77. The monoisotopic (exact) mass is 328 g/mol. The van der Waals surface area contributed by atoms with Crippen LogP contribution in [0.3, 0.4) is 0 Å². The van der Waals surface area contributed by atoms with E-state index in [4.69, 9.17) is 0 Å². The van der Waals surface area contributed by atoms with E-state index >= 15 is 0 Å². The summed E-state index contributed by atoms with van der Waals surface area (Å²) in [5.41, 5.74) is 3.59. The van der Waals surface area contributed by atoms with Crippen LogP contribution in [-0.4, -0.2) is 34.7 Å². The molecule has 0 aliphatic rings. The van der Waals surface area contributed by atoms with Crippen LogP contribution in [0.1, 0.15) is 33.7 Å². The quantitative estimate of drug-likeness (QED) is 0.760. The molecule has 6 nitrogen and oxygen atoms in total. The topological polar surface area (TPSA) is 76.0 Å². The number of nitrogens with zero attached hydrogens (tertiary/aromatic N) is 2. The van der Waals surface area contributed by atoms with Crippen LogP contribution in [0.25, 0.3) is 0 Å². The summed E-state index contributed by atoms with van der Waals surface area (Å²) in [6.07, 6.45) is 0.791. The first kappa shape index (κ1) is 17.7. The Bertz CT molecular complexity index is 722. The summed E-state index contributed by atoms with van der Waals surface area (Å²) < 4.78 is 1.93. The number of nitrogens with one attached hydrogen (secondary N) is 2. The smallest absolute Gasteiger partial charge is 0.251 e. The first-order valence-corrected chi connectivity index (χ1v) is 8.09. The van der Waals surface area contributed by atoms with Crippen molar-refractivity contribution in [3.05, 3.63) is 52.8 Å². The fourth-order valence-electron chi connectivity index (χ4n) is 2.50. The predicted octanol–water partition coefficient (Wildman–Crippen LogP) is 1.74. The van der Waals surface area contributed by atoms with Gasteiger partial charge in [-0.2, -0.15) is 5.10 Å². The summed E-state index contributed by atoms with van der Waals surface area (Å²) in [5, 5.41) is 9.82. The maximum absolute atomic E-state index is 12.0. The minimum Gasteiger partial charge on any atom is -0.355 e. The first-order valence-electron chi connectivity index (χ1n) is 8.09. The van der Waals surface area contributed by atoms with Gasteiger partial charge in [-0.25, -0.2) is 0 Å². The van der Waals surface area contributed by atoms with E-state index in [1.807, 2.05) is 43.7 Å². The van der Waals surface area contributed by atoms with Gasteiger partial charge in [0.15, 0.2) is 0 Å². The van der Waals surface area contributed by atoms with Crippen molar-refractivity contribution in [2.75, 3.05) is 13.1 Å². The van der Waals surface area contributed by atoms with E-state index in [-0.39, 0.29) is 18.4 Å². The number of aryl methyl sites for hydroxylation is 4. The Balaban J connectivity index is 1.67. The van der Waals surface area contributed by atoms with E-state index in [1.165, 1.54) is 0 Å². The third kappa shape index (κ3) is 4.94. The number of hydrogen-bond donors (Lipinski definition) is 2. The molecule has 1 aromatic carbocycles. The highest BCUT2D eigenvalue weighted by atomic mass is 16.2. The molecule has 2 N–H and O–H groups in total. The zero-order chi connectivity index (χ0) is 17.5. The van der Waals surface area contributed by atoms with Crippen LogP contribution in [0.4, 0.5) is 0 Å². The number of hydrogen-bond acceptors (Lipinski definition) is 3. The van der Waals surface area contributed by atoms with Crippen LogP contribution >= 0.6 is 0 Å². The molecule has 24 heavy (non-hydrogen) atoms. The van der Waals surface area contributed by atoms with Crippen molar-refractivity contribution in [1.29, 1.82) is 0 Å². The molecule has 6 heteroatoms. The predicted molar refractivity (Wildman–Crippen MR) is 92.8 cm³/mol. The Hall–Kier alpha value is -2.63. The Labute approximate surface area is 142 Å². The molecule has 0 atom stereocenters. The molecule has 2 aromatic rings. The maximum Gasteiger partial charge on any atom is 0.251 e. The Kier molecular flexibility index (Phi) is 6.12. The molecule has 0 aliphatic carbocycles. The lowest BCUT2D eigenvalue weighted by molar-refractivity contribution is -0.120. The fourth-order valence-corrected chi connectivity index (χ4v) is 2.50. The summed E-state index contributed by atoms with van der Waals surface area (Å²) in [6, 6.07) is 9.33. The lowest BCUT2D eigenvalue weighted by Crippen LogP contribution is -2.37. The zero-order valence-corrected chi connectivity index (χ0v) is 14.4. The van der Waals surface area contributed by atoms with Gasteiger partial charge in [-0.15, -0.1) is 0 Å². The SMILES string of the molecule is Cc1cc(C)n(CCCNC(=O)CNC(=O)c2ccccc2C)n1. The summed E-state index contributed by atoms with van der Waals surface area (Å²) in [7, 11) is 0. The highest BCUT2D eigenvalue weighted by molar-refractivity contribution is 5.97. The lowest BCUT2D eigenvalue weighted by Gasteiger charge is -2.09. The van der Waals surface area contributed by atoms with Crippen molar-refractivity contribution in [2.45, 2.75) is 33.7 Å². The van der Waals surface area contributed by atoms with Crippen LogP contribution in [0.15, 0.2) is 30.3 Å². The molecule has 0 fully saturated rings. The summed E-state index contributed by atoms with van der Waals surface area (Å²) in [5.74, 6) is -0.420. The minimum absolute atomic E-state index is 0.0208. The van der Waals surface area contributed by atoms with Gasteiger partial charge >= 0.3 is 0 Å². The van der Waals surface area contributed by atoms with Crippen LogP contribution in [-0.2, 0) is 11.3 Å². The van der Waals surface area contributed by atoms with Crippen molar-refractivity contribution >= 4 is 11.8 Å². The average molecular weight is 328 g/mol. The molecule has 0 saturated carbocycles. The molecule has 0 bridgehead atoms. The number of aromatic nitrogens is 2. The summed E-state index contributed by atoms with van der Waals surface area (Å²) in [6.45, 7) is 7.13. The van der Waals surface area contributed by atoms with Gasteiger partial charge in [0.2, 0.25) is 5.91 Å². The van der Waals surface area contributed by atoms with Gasteiger partial charge in [-0.05, 0) is 44.9 Å². The molecule has 2 amide bonds. The zero-order valence-electron chi connectivity index (χ0n) is 14.4. The van der Waals surface area contributed by atoms with Crippen LogP contribution in [0, 0.1) is 20.8 Å². The van der Waals surface area contributed by atoms with Gasteiger partial charge < -0.3 is 10.6 Å². The molecule has 0 unspecified atom stereocenters. The van der Waals surface area contributed by atoms with E-state index < -0.39 is 0 Å². The van der Waals surface area contributed by atoms with Crippen molar-refractivity contribution in [3.8, 4) is 0 Å².